The molecule has 0 unspecified atom stereocenters. The van der Waals surface area contributed by atoms with Crippen LogP contribution in [0.4, 0.5) is 0 Å². The van der Waals surface area contributed by atoms with Crippen molar-refractivity contribution in [1.29, 1.82) is 0 Å². The van der Waals surface area contributed by atoms with E-state index in [9.17, 15) is 9.59 Å². The van der Waals surface area contributed by atoms with E-state index < -0.39 is 5.54 Å². The maximum absolute atomic E-state index is 12.7. The average molecular weight is 352 g/mol. The van der Waals surface area contributed by atoms with E-state index in [1.165, 1.54) is 0 Å². The van der Waals surface area contributed by atoms with Gasteiger partial charge in [-0.25, -0.2) is 0 Å². The lowest BCUT2D eigenvalue weighted by Gasteiger charge is -2.30. The van der Waals surface area contributed by atoms with Crippen molar-refractivity contribution in [2.45, 2.75) is 37.6 Å². The number of amides is 2. The highest BCUT2D eigenvalue weighted by molar-refractivity contribution is 5.94. The molecule has 1 aliphatic heterocycles. The molecule has 2 amide bonds. The second kappa shape index (κ2) is 7.99. The van der Waals surface area contributed by atoms with Gasteiger partial charge in [-0.2, -0.15) is 0 Å². The SMILES string of the molecule is Cl.NC1(C(=O)N2CCCN(C(=O)c3ccccc3)CC2)CCCC1. The average Bonchev–Trinajstić information content (AvgIpc) is 2.89. The smallest absolute Gasteiger partial charge is 0.253 e. The van der Waals surface area contributed by atoms with Crippen LogP contribution in [0.25, 0.3) is 0 Å². The summed E-state index contributed by atoms with van der Waals surface area (Å²) in [6.07, 6.45) is 4.45. The summed E-state index contributed by atoms with van der Waals surface area (Å²) in [5, 5.41) is 0. The first-order valence-corrected chi connectivity index (χ1v) is 8.53. The molecule has 132 valence electrons. The predicted octanol–water partition coefficient (Wildman–Crippen LogP) is 2.05. The van der Waals surface area contributed by atoms with Crippen molar-refractivity contribution in [3.8, 4) is 0 Å². The third-order valence-electron chi connectivity index (χ3n) is 5.01. The predicted molar refractivity (Wildman–Crippen MR) is 96.2 cm³/mol. The number of hydrogen-bond acceptors (Lipinski definition) is 3. The van der Waals surface area contributed by atoms with Gasteiger partial charge in [0.15, 0.2) is 0 Å². The fraction of sp³-hybridized carbons (Fsp3) is 0.556. The number of carbonyl (C=O) groups is 2. The van der Waals surface area contributed by atoms with Gasteiger partial charge < -0.3 is 15.5 Å². The molecule has 2 N–H and O–H groups in total. The molecule has 0 radical (unpaired) electrons. The van der Waals surface area contributed by atoms with Crippen LogP contribution >= 0.6 is 12.4 Å². The molecule has 3 rings (SSSR count). The fourth-order valence-corrected chi connectivity index (χ4v) is 3.62. The number of hydrogen-bond donors (Lipinski definition) is 1. The molecule has 1 heterocycles. The molecule has 5 nitrogen and oxygen atoms in total. The Hall–Kier alpha value is -1.59. The standard InChI is InChI=1S/C18H25N3O2.ClH/c19-18(9-4-5-10-18)17(23)21-12-6-11-20(13-14-21)16(22)15-7-2-1-3-8-15;/h1-3,7-8H,4-6,9-14,19H2;1H. The van der Waals surface area contributed by atoms with Crippen molar-refractivity contribution in [2.24, 2.45) is 5.73 Å². The van der Waals surface area contributed by atoms with Gasteiger partial charge in [-0.3, -0.25) is 9.59 Å². The molecule has 2 aliphatic rings. The zero-order chi connectivity index (χ0) is 16.3. The van der Waals surface area contributed by atoms with Crippen LogP contribution in [-0.2, 0) is 4.79 Å². The Bertz CT molecular complexity index is 573. The van der Waals surface area contributed by atoms with E-state index in [0.29, 0.717) is 31.7 Å². The van der Waals surface area contributed by atoms with Crippen LogP contribution < -0.4 is 5.73 Å². The Kier molecular flexibility index (Phi) is 6.24. The third kappa shape index (κ3) is 3.90. The Morgan fingerprint density at radius 1 is 0.875 bits per heavy atom. The molecule has 24 heavy (non-hydrogen) atoms. The van der Waals surface area contributed by atoms with E-state index in [-0.39, 0.29) is 24.2 Å². The minimum absolute atomic E-state index is 0. The van der Waals surface area contributed by atoms with Gasteiger partial charge in [0.1, 0.15) is 0 Å². The molecule has 0 bridgehead atoms. The van der Waals surface area contributed by atoms with E-state index in [4.69, 9.17) is 5.73 Å². The molecule has 0 aromatic heterocycles. The van der Waals surface area contributed by atoms with Crippen molar-refractivity contribution in [3.05, 3.63) is 35.9 Å². The summed E-state index contributed by atoms with van der Waals surface area (Å²) in [5.41, 5.74) is 6.34. The Morgan fingerprint density at radius 3 is 2.12 bits per heavy atom. The van der Waals surface area contributed by atoms with Gasteiger partial charge in [-0.1, -0.05) is 31.0 Å². The van der Waals surface area contributed by atoms with Gasteiger partial charge in [0, 0.05) is 31.7 Å². The zero-order valence-corrected chi connectivity index (χ0v) is 14.8. The summed E-state index contributed by atoms with van der Waals surface area (Å²) >= 11 is 0. The van der Waals surface area contributed by atoms with Crippen LogP contribution in [0.15, 0.2) is 30.3 Å². The lowest BCUT2D eigenvalue weighted by molar-refractivity contribution is -0.136. The number of nitrogens with two attached hydrogens (primary N) is 1. The molecular formula is C18H26ClN3O2. The quantitative estimate of drug-likeness (QED) is 0.886. The van der Waals surface area contributed by atoms with Gasteiger partial charge in [0.25, 0.3) is 5.91 Å². The van der Waals surface area contributed by atoms with Crippen LogP contribution in [-0.4, -0.2) is 53.3 Å². The van der Waals surface area contributed by atoms with Gasteiger partial charge in [-0.15, -0.1) is 12.4 Å². The topological polar surface area (TPSA) is 66.6 Å². The van der Waals surface area contributed by atoms with Crippen molar-refractivity contribution < 1.29 is 9.59 Å². The van der Waals surface area contributed by atoms with E-state index in [1.807, 2.05) is 40.1 Å². The highest BCUT2D eigenvalue weighted by Crippen LogP contribution is 2.29. The second-order valence-electron chi connectivity index (χ2n) is 6.67. The Balaban J connectivity index is 0.00000208. The second-order valence-corrected chi connectivity index (χ2v) is 6.67. The van der Waals surface area contributed by atoms with Crippen molar-refractivity contribution >= 4 is 24.2 Å². The molecule has 1 saturated carbocycles. The summed E-state index contributed by atoms with van der Waals surface area (Å²) in [5.74, 6) is 0.118. The van der Waals surface area contributed by atoms with E-state index in [1.54, 1.807) is 0 Å². The maximum atomic E-state index is 12.7. The lowest BCUT2D eigenvalue weighted by atomic mass is 9.97. The third-order valence-corrected chi connectivity index (χ3v) is 5.01. The summed E-state index contributed by atoms with van der Waals surface area (Å²) in [7, 11) is 0. The van der Waals surface area contributed by atoms with Gasteiger partial charge in [-0.05, 0) is 31.4 Å². The molecule has 1 saturated heterocycles. The minimum Gasteiger partial charge on any atom is -0.339 e. The summed E-state index contributed by atoms with van der Waals surface area (Å²) < 4.78 is 0. The van der Waals surface area contributed by atoms with Gasteiger partial charge >= 0.3 is 0 Å². The highest BCUT2D eigenvalue weighted by Gasteiger charge is 2.40. The first kappa shape index (κ1) is 18.7. The monoisotopic (exact) mass is 351 g/mol. The normalized spacial score (nSPS) is 20.2. The number of rotatable bonds is 2. The number of nitrogens with zero attached hydrogens (tertiary/aromatic N) is 2. The fourth-order valence-electron chi connectivity index (χ4n) is 3.62. The van der Waals surface area contributed by atoms with E-state index >= 15 is 0 Å². The number of benzene rings is 1. The Morgan fingerprint density at radius 2 is 1.46 bits per heavy atom. The van der Waals surface area contributed by atoms with Crippen molar-refractivity contribution in [3.63, 3.8) is 0 Å². The molecule has 1 aromatic carbocycles. The molecule has 6 heteroatoms. The molecular weight excluding hydrogens is 326 g/mol. The lowest BCUT2D eigenvalue weighted by Crippen LogP contribution is -2.54. The minimum atomic E-state index is -0.668. The van der Waals surface area contributed by atoms with Crippen LogP contribution in [0.2, 0.25) is 0 Å². The van der Waals surface area contributed by atoms with Crippen molar-refractivity contribution in [1.82, 2.24) is 9.80 Å². The molecule has 2 fully saturated rings. The molecule has 0 spiro atoms. The van der Waals surface area contributed by atoms with Crippen LogP contribution in [0.5, 0.6) is 0 Å². The summed E-state index contributed by atoms with van der Waals surface area (Å²) in [6, 6.07) is 9.33. The highest BCUT2D eigenvalue weighted by atomic mass is 35.5. The number of carbonyl (C=O) groups excluding carboxylic acids is 2. The molecule has 1 aliphatic carbocycles. The number of halogens is 1. The van der Waals surface area contributed by atoms with Crippen LogP contribution in [0, 0.1) is 0 Å². The van der Waals surface area contributed by atoms with Gasteiger partial charge in [0.05, 0.1) is 5.54 Å². The summed E-state index contributed by atoms with van der Waals surface area (Å²) in [4.78, 5) is 29.0. The van der Waals surface area contributed by atoms with E-state index in [2.05, 4.69) is 0 Å². The molecule has 1 aromatic rings. The Labute approximate surface area is 149 Å². The van der Waals surface area contributed by atoms with Crippen molar-refractivity contribution in [2.75, 3.05) is 26.2 Å². The van der Waals surface area contributed by atoms with E-state index in [0.717, 1.165) is 32.1 Å². The maximum Gasteiger partial charge on any atom is 0.253 e. The first-order valence-electron chi connectivity index (χ1n) is 8.53. The molecule has 0 atom stereocenters. The van der Waals surface area contributed by atoms with Gasteiger partial charge in [0.2, 0.25) is 5.91 Å². The van der Waals surface area contributed by atoms with Crippen LogP contribution in [0.3, 0.4) is 0 Å². The zero-order valence-electron chi connectivity index (χ0n) is 13.9. The van der Waals surface area contributed by atoms with Crippen LogP contribution in [0.1, 0.15) is 42.5 Å². The first-order chi connectivity index (χ1) is 11.1. The summed E-state index contributed by atoms with van der Waals surface area (Å²) in [6.45, 7) is 2.54. The largest absolute Gasteiger partial charge is 0.339 e.